The molecule has 0 spiro atoms. The number of anilines is 1. The first kappa shape index (κ1) is 19.3. The normalized spacial score (nSPS) is 12.3. The number of nitrogens with zero attached hydrogens (tertiary/aromatic N) is 1. The van der Waals surface area contributed by atoms with Gasteiger partial charge in [0.1, 0.15) is 23.3 Å². The molecule has 0 atom stereocenters. The highest BCUT2D eigenvalue weighted by atomic mass is 127. The number of hydrogen-bond acceptors (Lipinski definition) is 4. The van der Waals surface area contributed by atoms with E-state index in [2.05, 4.69) is 34.0 Å². The summed E-state index contributed by atoms with van der Waals surface area (Å²) in [5, 5.41) is 12.3. The van der Waals surface area contributed by atoms with Gasteiger partial charge in [0.25, 0.3) is 5.91 Å². The fraction of sp³-hybridized carbons (Fsp3) is 0.130. The molecule has 1 aliphatic rings. The van der Waals surface area contributed by atoms with E-state index in [9.17, 15) is 10.1 Å². The van der Waals surface area contributed by atoms with Crippen molar-refractivity contribution < 1.29 is 14.3 Å². The molecule has 29 heavy (non-hydrogen) atoms. The van der Waals surface area contributed by atoms with Gasteiger partial charge in [-0.1, -0.05) is 6.07 Å². The molecule has 3 aromatic carbocycles. The summed E-state index contributed by atoms with van der Waals surface area (Å²) >= 11 is 2.20. The standard InChI is InChI=1S/C23H17IN2O3/c24-18-4-1-5-19(12-18)26-23(27)15-6-8-20(9-7-15)29-22-13-21-16(3-2-10-28-21)11-17(22)14-25/h1,4-9,11-13H,2-3,10H2,(H,26,27). The molecule has 0 unspecified atom stereocenters. The van der Waals surface area contributed by atoms with Crippen molar-refractivity contribution in [3.05, 3.63) is 80.9 Å². The van der Waals surface area contributed by atoms with Gasteiger partial charge in [0, 0.05) is 20.9 Å². The number of aryl methyl sites for hydroxylation is 1. The summed E-state index contributed by atoms with van der Waals surface area (Å²) in [5.74, 6) is 1.56. The molecular formula is C23H17IN2O3. The van der Waals surface area contributed by atoms with Gasteiger partial charge < -0.3 is 14.8 Å². The largest absolute Gasteiger partial charge is 0.493 e. The smallest absolute Gasteiger partial charge is 0.255 e. The maximum absolute atomic E-state index is 12.4. The van der Waals surface area contributed by atoms with Gasteiger partial charge in [0.2, 0.25) is 0 Å². The fourth-order valence-corrected chi connectivity index (χ4v) is 3.67. The van der Waals surface area contributed by atoms with E-state index in [0.29, 0.717) is 29.2 Å². The zero-order valence-electron chi connectivity index (χ0n) is 15.4. The van der Waals surface area contributed by atoms with E-state index in [-0.39, 0.29) is 5.91 Å². The Bertz CT molecular complexity index is 1100. The lowest BCUT2D eigenvalue weighted by Gasteiger charge is -2.19. The maximum Gasteiger partial charge on any atom is 0.255 e. The second-order valence-corrected chi connectivity index (χ2v) is 7.86. The second kappa shape index (κ2) is 8.53. The number of amides is 1. The molecule has 1 aliphatic heterocycles. The van der Waals surface area contributed by atoms with Gasteiger partial charge >= 0.3 is 0 Å². The van der Waals surface area contributed by atoms with Gasteiger partial charge in [-0.15, -0.1) is 0 Å². The molecule has 4 rings (SSSR count). The van der Waals surface area contributed by atoms with Crippen LogP contribution < -0.4 is 14.8 Å². The Morgan fingerprint density at radius 3 is 2.72 bits per heavy atom. The molecule has 0 bridgehead atoms. The number of nitriles is 1. The highest BCUT2D eigenvalue weighted by Gasteiger charge is 2.16. The number of carbonyl (C=O) groups is 1. The van der Waals surface area contributed by atoms with Crippen LogP contribution in [-0.4, -0.2) is 12.5 Å². The minimum Gasteiger partial charge on any atom is -0.493 e. The first-order valence-corrected chi connectivity index (χ1v) is 10.2. The lowest BCUT2D eigenvalue weighted by atomic mass is 10.0. The number of fused-ring (bicyclic) bond motifs is 1. The van der Waals surface area contributed by atoms with Gasteiger partial charge in [0.05, 0.1) is 12.2 Å². The third kappa shape index (κ3) is 4.51. The summed E-state index contributed by atoms with van der Waals surface area (Å²) in [4.78, 5) is 12.4. The summed E-state index contributed by atoms with van der Waals surface area (Å²) < 4.78 is 12.6. The van der Waals surface area contributed by atoms with E-state index in [4.69, 9.17) is 9.47 Å². The van der Waals surface area contributed by atoms with Gasteiger partial charge in [-0.05, 0) is 89.5 Å². The fourth-order valence-electron chi connectivity index (χ4n) is 3.12. The molecule has 0 radical (unpaired) electrons. The van der Waals surface area contributed by atoms with E-state index in [0.717, 1.165) is 33.4 Å². The van der Waals surface area contributed by atoms with Crippen molar-refractivity contribution in [1.82, 2.24) is 0 Å². The molecule has 5 nitrogen and oxygen atoms in total. The van der Waals surface area contributed by atoms with Crippen LogP contribution in [0.25, 0.3) is 0 Å². The second-order valence-electron chi connectivity index (χ2n) is 6.61. The highest BCUT2D eigenvalue weighted by Crippen LogP contribution is 2.34. The molecule has 0 aromatic heterocycles. The van der Waals surface area contributed by atoms with Crippen molar-refractivity contribution in [2.75, 3.05) is 11.9 Å². The van der Waals surface area contributed by atoms with Crippen LogP contribution in [0.1, 0.15) is 27.9 Å². The average Bonchev–Trinajstić information content (AvgIpc) is 2.73. The van der Waals surface area contributed by atoms with Crippen molar-refractivity contribution in [1.29, 1.82) is 5.26 Å². The number of halogens is 1. The zero-order valence-corrected chi connectivity index (χ0v) is 17.6. The Balaban J connectivity index is 1.50. The monoisotopic (exact) mass is 496 g/mol. The third-order valence-corrected chi connectivity index (χ3v) is 5.23. The minimum absolute atomic E-state index is 0.196. The van der Waals surface area contributed by atoms with E-state index >= 15 is 0 Å². The van der Waals surface area contributed by atoms with Crippen molar-refractivity contribution in [2.24, 2.45) is 0 Å². The van der Waals surface area contributed by atoms with Gasteiger partial charge in [0.15, 0.2) is 0 Å². The number of hydrogen-bond donors (Lipinski definition) is 1. The van der Waals surface area contributed by atoms with Crippen molar-refractivity contribution in [2.45, 2.75) is 12.8 Å². The van der Waals surface area contributed by atoms with Crippen LogP contribution in [-0.2, 0) is 6.42 Å². The number of carbonyl (C=O) groups excluding carboxylic acids is 1. The Kier molecular flexibility index (Phi) is 5.67. The molecule has 0 saturated heterocycles. The van der Waals surface area contributed by atoms with Crippen molar-refractivity contribution in [3.8, 4) is 23.3 Å². The van der Waals surface area contributed by atoms with Gasteiger partial charge in [-0.2, -0.15) is 5.26 Å². The Labute approximate surface area is 182 Å². The van der Waals surface area contributed by atoms with Crippen LogP contribution >= 0.6 is 22.6 Å². The molecule has 1 amide bonds. The molecule has 0 aliphatic carbocycles. The molecule has 0 saturated carbocycles. The zero-order chi connectivity index (χ0) is 20.2. The number of nitrogens with one attached hydrogen (secondary N) is 1. The Hall–Kier alpha value is -3.05. The van der Waals surface area contributed by atoms with Gasteiger partial charge in [-0.25, -0.2) is 0 Å². The SMILES string of the molecule is N#Cc1cc2c(cc1Oc1ccc(C(=O)Nc3cccc(I)c3)cc1)OCCC2. The van der Waals surface area contributed by atoms with E-state index in [1.165, 1.54) is 0 Å². The minimum atomic E-state index is -0.196. The maximum atomic E-state index is 12.4. The molecule has 1 heterocycles. The summed E-state index contributed by atoms with van der Waals surface area (Å²) in [6.45, 7) is 0.669. The predicted octanol–water partition coefficient (Wildman–Crippen LogP) is 5.53. The van der Waals surface area contributed by atoms with Crippen LogP contribution in [0.5, 0.6) is 17.2 Å². The lowest BCUT2D eigenvalue weighted by molar-refractivity contribution is 0.102. The number of rotatable bonds is 4. The van der Waals surface area contributed by atoms with E-state index in [1.807, 2.05) is 30.3 Å². The predicted molar refractivity (Wildman–Crippen MR) is 119 cm³/mol. The first-order chi connectivity index (χ1) is 14.1. The van der Waals surface area contributed by atoms with Crippen molar-refractivity contribution >= 4 is 34.2 Å². The molecule has 3 aromatic rings. The highest BCUT2D eigenvalue weighted by molar-refractivity contribution is 14.1. The topological polar surface area (TPSA) is 71.3 Å². The lowest BCUT2D eigenvalue weighted by Crippen LogP contribution is -2.11. The van der Waals surface area contributed by atoms with Crippen molar-refractivity contribution in [3.63, 3.8) is 0 Å². The van der Waals surface area contributed by atoms with Gasteiger partial charge in [-0.3, -0.25) is 4.79 Å². The van der Waals surface area contributed by atoms with Crippen LogP contribution in [0.4, 0.5) is 5.69 Å². The Morgan fingerprint density at radius 1 is 1.14 bits per heavy atom. The molecular weight excluding hydrogens is 479 g/mol. The summed E-state index contributed by atoms with van der Waals surface area (Å²) in [7, 11) is 0. The number of ether oxygens (including phenoxy) is 2. The quantitative estimate of drug-likeness (QED) is 0.482. The Morgan fingerprint density at radius 2 is 1.97 bits per heavy atom. The van der Waals surface area contributed by atoms with Crippen LogP contribution in [0, 0.1) is 14.9 Å². The van der Waals surface area contributed by atoms with E-state index in [1.54, 1.807) is 30.3 Å². The average molecular weight is 496 g/mol. The van der Waals surface area contributed by atoms with Crippen LogP contribution in [0.3, 0.4) is 0 Å². The summed E-state index contributed by atoms with van der Waals surface area (Å²) in [6.07, 6.45) is 1.85. The summed E-state index contributed by atoms with van der Waals surface area (Å²) in [6, 6.07) is 20.2. The van der Waals surface area contributed by atoms with E-state index < -0.39 is 0 Å². The van der Waals surface area contributed by atoms with Crippen LogP contribution in [0.15, 0.2) is 60.7 Å². The molecule has 0 fully saturated rings. The molecule has 6 heteroatoms. The molecule has 1 N–H and O–H groups in total. The van der Waals surface area contributed by atoms with Crippen LogP contribution in [0.2, 0.25) is 0 Å². The first-order valence-electron chi connectivity index (χ1n) is 9.17. The number of benzene rings is 3. The summed E-state index contributed by atoms with van der Waals surface area (Å²) in [5.41, 5.74) is 2.76. The molecule has 144 valence electrons. The third-order valence-electron chi connectivity index (χ3n) is 4.56.